The smallest absolute Gasteiger partial charge is 0.119 e. The molecule has 0 atom stereocenters. The Bertz CT molecular complexity index is 675. The molecule has 2 nitrogen and oxygen atoms in total. The van der Waals surface area contributed by atoms with Crippen molar-refractivity contribution in [2.45, 2.75) is 71.1 Å². The molecule has 2 aromatic rings. The summed E-state index contributed by atoms with van der Waals surface area (Å²) >= 11 is 0. The third kappa shape index (κ3) is 6.81. The van der Waals surface area contributed by atoms with E-state index in [1.54, 1.807) is 0 Å². The number of carbonyl (C=O) groups is 1. The first-order valence-electron chi connectivity index (χ1n) is 9.84. The van der Waals surface area contributed by atoms with E-state index < -0.39 is 0 Å². The Balaban J connectivity index is 2.02. The lowest BCUT2D eigenvalue weighted by molar-refractivity contribution is -0.107. The summed E-state index contributed by atoms with van der Waals surface area (Å²) in [4.78, 5) is 15.2. The molecule has 0 radical (unpaired) electrons. The third-order valence-electron chi connectivity index (χ3n) is 4.60. The third-order valence-corrected chi connectivity index (χ3v) is 4.60. The van der Waals surface area contributed by atoms with Crippen LogP contribution in [0.5, 0.6) is 0 Å². The second kappa shape index (κ2) is 11.6. The lowest BCUT2D eigenvalue weighted by Crippen LogP contribution is -1.95. The van der Waals surface area contributed by atoms with Crippen molar-refractivity contribution < 1.29 is 4.79 Å². The van der Waals surface area contributed by atoms with Gasteiger partial charge in [-0.15, -0.1) is 0 Å². The molecule has 1 aromatic carbocycles. The Labute approximate surface area is 152 Å². The molecule has 0 bridgehead atoms. The highest BCUT2D eigenvalue weighted by molar-refractivity contribution is 5.80. The van der Waals surface area contributed by atoms with E-state index in [9.17, 15) is 4.79 Å². The molecule has 2 heteroatoms. The van der Waals surface area contributed by atoms with Crippen LogP contribution in [0.15, 0.2) is 36.4 Å². The van der Waals surface area contributed by atoms with E-state index in [-0.39, 0.29) is 0 Å². The number of aryl methyl sites for hydroxylation is 1. The van der Waals surface area contributed by atoms with Gasteiger partial charge in [-0.25, -0.2) is 4.98 Å². The molecular weight excluding hydrogens is 306 g/mol. The first kappa shape index (κ1) is 19.4. The number of aromatic nitrogens is 1. The summed E-state index contributed by atoms with van der Waals surface area (Å²) in [5.74, 6) is 0. The second-order valence-corrected chi connectivity index (χ2v) is 6.74. The van der Waals surface area contributed by atoms with Crippen LogP contribution in [-0.2, 0) is 11.2 Å². The summed E-state index contributed by atoms with van der Waals surface area (Å²) in [6.45, 7) is 2.25. The van der Waals surface area contributed by atoms with Crippen LogP contribution in [-0.4, -0.2) is 11.3 Å². The lowest BCUT2D eigenvalue weighted by atomic mass is 10.0. The minimum Gasteiger partial charge on any atom is -0.303 e. The van der Waals surface area contributed by atoms with Crippen LogP contribution < -0.4 is 0 Å². The highest BCUT2D eigenvalue weighted by Crippen LogP contribution is 2.20. The Morgan fingerprint density at radius 1 is 0.960 bits per heavy atom. The zero-order valence-electron chi connectivity index (χ0n) is 15.5. The van der Waals surface area contributed by atoms with Crippen LogP contribution in [0.3, 0.4) is 0 Å². The largest absolute Gasteiger partial charge is 0.303 e. The van der Waals surface area contributed by atoms with Gasteiger partial charge < -0.3 is 4.79 Å². The summed E-state index contributed by atoms with van der Waals surface area (Å²) in [7, 11) is 0. The van der Waals surface area contributed by atoms with E-state index in [4.69, 9.17) is 4.98 Å². The van der Waals surface area contributed by atoms with Gasteiger partial charge in [0.25, 0.3) is 0 Å². The van der Waals surface area contributed by atoms with Crippen molar-refractivity contribution in [3.63, 3.8) is 0 Å². The monoisotopic (exact) mass is 337 g/mol. The predicted octanol–water partition coefficient (Wildman–Crippen LogP) is 6.52. The molecule has 0 saturated carbocycles. The number of benzene rings is 1. The SMILES string of the molecule is CCCCCCc1cc2ccccc2nc1/C=C/CCCCCC=O. The number of unbranched alkanes of at least 4 members (excludes halogenated alkanes) is 7. The highest BCUT2D eigenvalue weighted by Gasteiger charge is 2.04. The van der Waals surface area contributed by atoms with Crippen molar-refractivity contribution >= 4 is 23.3 Å². The van der Waals surface area contributed by atoms with Crippen LogP contribution in [0.2, 0.25) is 0 Å². The number of aldehydes is 1. The van der Waals surface area contributed by atoms with Crippen molar-refractivity contribution in [1.82, 2.24) is 4.98 Å². The van der Waals surface area contributed by atoms with Crippen molar-refractivity contribution in [2.24, 2.45) is 0 Å². The van der Waals surface area contributed by atoms with Crippen LogP contribution in [0.1, 0.15) is 76.0 Å². The van der Waals surface area contributed by atoms with Crippen molar-refractivity contribution in [2.75, 3.05) is 0 Å². The van der Waals surface area contributed by atoms with E-state index in [1.165, 1.54) is 36.6 Å². The van der Waals surface area contributed by atoms with Crippen molar-refractivity contribution in [1.29, 1.82) is 0 Å². The zero-order valence-corrected chi connectivity index (χ0v) is 15.5. The highest BCUT2D eigenvalue weighted by atomic mass is 16.1. The number of carbonyl (C=O) groups excluding carboxylic acids is 1. The molecule has 0 amide bonds. The quantitative estimate of drug-likeness (QED) is 0.326. The topological polar surface area (TPSA) is 30.0 Å². The summed E-state index contributed by atoms with van der Waals surface area (Å²) in [5.41, 5.74) is 3.57. The standard InChI is InChI=1S/C23H31NO/c1-2-3-4-9-14-20-19-21-15-11-12-17-23(21)24-22(20)16-10-7-5-6-8-13-18-25/h10-12,15-19H,2-9,13-14H2,1H3/b16-10+. The molecule has 25 heavy (non-hydrogen) atoms. The van der Waals surface area contributed by atoms with Gasteiger partial charge >= 0.3 is 0 Å². The molecule has 0 unspecified atom stereocenters. The van der Waals surface area contributed by atoms with Crippen LogP contribution in [0, 0.1) is 0 Å². The van der Waals surface area contributed by atoms with Crippen LogP contribution in [0.4, 0.5) is 0 Å². The van der Waals surface area contributed by atoms with E-state index in [0.29, 0.717) is 6.42 Å². The molecule has 134 valence electrons. The van der Waals surface area contributed by atoms with Gasteiger partial charge in [0.05, 0.1) is 11.2 Å². The summed E-state index contributed by atoms with van der Waals surface area (Å²) in [6.07, 6.45) is 16.7. The van der Waals surface area contributed by atoms with Gasteiger partial charge in [-0.1, -0.05) is 56.9 Å². The molecule has 1 heterocycles. The second-order valence-electron chi connectivity index (χ2n) is 6.74. The normalized spacial score (nSPS) is 11.4. The number of hydrogen-bond donors (Lipinski definition) is 0. The number of rotatable bonds is 12. The van der Waals surface area contributed by atoms with Gasteiger partial charge in [-0.3, -0.25) is 0 Å². The maximum absolute atomic E-state index is 10.3. The molecule has 1 aromatic heterocycles. The molecule has 0 aliphatic heterocycles. The van der Waals surface area contributed by atoms with Gasteiger partial charge in [0.2, 0.25) is 0 Å². The van der Waals surface area contributed by atoms with Crippen LogP contribution in [0.25, 0.3) is 17.0 Å². The number of fused-ring (bicyclic) bond motifs is 1. The summed E-state index contributed by atoms with van der Waals surface area (Å²) in [6, 6.07) is 10.7. The van der Waals surface area contributed by atoms with Gasteiger partial charge in [0.1, 0.15) is 6.29 Å². The molecule has 0 spiro atoms. The fourth-order valence-electron chi connectivity index (χ4n) is 3.12. The maximum Gasteiger partial charge on any atom is 0.119 e. The summed E-state index contributed by atoms with van der Waals surface area (Å²) < 4.78 is 0. The Morgan fingerprint density at radius 3 is 2.60 bits per heavy atom. The molecule has 2 rings (SSSR count). The maximum atomic E-state index is 10.3. The number of hydrogen-bond acceptors (Lipinski definition) is 2. The first-order chi connectivity index (χ1) is 12.3. The zero-order chi connectivity index (χ0) is 17.7. The first-order valence-corrected chi connectivity index (χ1v) is 9.84. The van der Waals surface area contributed by atoms with E-state index in [2.05, 4.69) is 49.4 Å². The minimum absolute atomic E-state index is 0.692. The van der Waals surface area contributed by atoms with Crippen LogP contribution >= 0.6 is 0 Å². The summed E-state index contributed by atoms with van der Waals surface area (Å²) in [5, 5.41) is 1.24. The average molecular weight is 338 g/mol. The van der Waals surface area contributed by atoms with Gasteiger partial charge in [-0.05, 0) is 55.9 Å². The number of allylic oxidation sites excluding steroid dienone is 1. The number of para-hydroxylation sites is 1. The molecule has 0 aliphatic rings. The van der Waals surface area contributed by atoms with Crippen molar-refractivity contribution in [3.05, 3.63) is 47.7 Å². The van der Waals surface area contributed by atoms with E-state index >= 15 is 0 Å². The van der Waals surface area contributed by atoms with E-state index in [1.807, 2.05) is 0 Å². The van der Waals surface area contributed by atoms with Gasteiger partial charge in [0.15, 0.2) is 0 Å². The molecule has 0 N–H and O–H groups in total. The molecule has 0 fully saturated rings. The Hall–Kier alpha value is -1.96. The Kier molecular flexibility index (Phi) is 8.96. The minimum atomic E-state index is 0.692. The lowest BCUT2D eigenvalue weighted by Gasteiger charge is -2.08. The molecule has 0 aliphatic carbocycles. The van der Waals surface area contributed by atoms with Gasteiger partial charge in [0, 0.05) is 11.8 Å². The number of nitrogens with zero attached hydrogens (tertiary/aromatic N) is 1. The fourth-order valence-corrected chi connectivity index (χ4v) is 3.12. The Morgan fingerprint density at radius 2 is 1.76 bits per heavy atom. The fraction of sp³-hybridized carbons (Fsp3) is 0.478. The molecular formula is C23H31NO. The van der Waals surface area contributed by atoms with E-state index in [0.717, 1.165) is 49.6 Å². The molecule has 0 saturated heterocycles. The predicted molar refractivity (Wildman–Crippen MR) is 108 cm³/mol. The van der Waals surface area contributed by atoms with Crippen molar-refractivity contribution in [3.8, 4) is 0 Å². The average Bonchev–Trinajstić information content (AvgIpc) is 2.64. The number of pyridine rings is 1. The van der Waals surface area contributed by atoms with Gasteiger partial charge in [-0.2, -0.15) is 0 Å².